The summed E-state index contributed by atoms with van der Waals surface area (Å²) in [5, 5.41) is 4.85. The molecule has 2 nitrogen and oxygen atoms in total. The average Bonchev–Trinajstić information content (AvgIpc) is 2.82. The third-order valence-corrected chi connectivity index (χ3v) is 5.62. The Morgan fingerprint density at radius 1 is 0.367 bits per heavy atom. The van der Waals surface area contributed by atoms with E-state index in [0.717, 1.165) is 33.5 Å². The molecule has 0 aliphatic carbocycles. The van der Waals surface area contributed by atoms with Crippen LogP contribution in [0.15, 0.2) is 109 Å². The fourth-order valence-corrected chi connectivity index (χ4v) is 4.08. The number of rotatable bonds is 2. The molecule has 140 valence electrons. The molecule has 6 aromatic rings. The van der Waals surface area contributed by atoms with Crippen LogP contribution in [0.25, 0.3) is 55.1 Å². The normalized spacial score (nSPS) is 11.3. The fraction of sp³-hybridized carbons (Fsp3) is 0. The lowest BCUT2D eigenvalue weighted by Gasteiger charge is -2.12. The van der Waals surface area contributed by atoms with Gasteiger partial charge in [0.05, 0.1) is 22.4 Å². The smallest absolute Gasteiger partial charge is 0.0973 e. The van der Waals surface area contributed by atoms with E-state index < -0.39 is 0 Å². The largest absolute Gasteiger partial charge is 0.244 e. The van der Waals surface area contributed by atoms with E-state index in [2.05, 4.69) is 84.9 Å². The van der Waals surface area contributed by atoms with Gasteiger partial charge in [-0.1, -0.05) is 84.9 Å². The standard InChI is InChI=1S/C28H18N2/c1-3-9-21-17-23(15-13-19(21)7-1)27-28(30-26-12-6-5-11-25(26)29-27)24-16-14-20-8-2-4-10-22(20)18-24/h1-18H. The molecule has 0 saturated heterocycles. The van der Waals surface area contributed by atoms with E-state index in [4.69, 9.17) is 9.97 Å². The number of nitrogens with zero attached hydrogens (tertiary/aromatic N) is 2. The second-order valence-corrected chi connectivity index (χ2v) is 7.53. The third-order valence-electron chi connectivity index (χ3n) is 5.62. The Morgan fingerprint density at radius 3 is 1.23 bits per heavy atom. The molecule has 30 heavy (non-hydrogen) atoms. The molecule has 0 saturated carbocycles. The Hall–Kier alpha value is -4.04. The lowest BCUT2D eigenvalue weighted by Crippen LogP contribution is -1.95. The quantitative estimate of drug-likeness (QED) is 0.315. The molecule has 0 N–H and O–H groups in total. The number of aromatic nitrogens is 2. The van der Waals surface area contributed by atoms with E-state index in [-0.39, 0.29) is 0 Å². The first-order chi connectivity index (χ1) is 14.8. The van der Waals surface area contributed by atoms with Crippen molar-refractivity contribution in [2.24, 2.45) is 0 Å². The first-order valence-electron chi connectivity index (χ1n) is 10.1. The first-order valence-corrected chi connectivity index (χ1v) is 10.1. The van der Waals surface area contributed by atoms with Gasteiger partial charge in [0.25, 0.3) is 0 Å². The van der Waals surface area contributed by atoms with Crippen LogP contribution in [0.1, 0.15) is 0 Å². The molecule has 0 aliphatic heterocycles. The van der Waals surface area contributed by atoms with Gasteiger partial charge in [-0.25, -0.2) is 9.97 Å². The lowest BCUT2D eigenvalue weighted by atomic mass is 9.99. The molecule has 0 aliphatic rings. The second-order valence-electron chi connectivity index (χ2n) is 7.53. The third kappa shape index (κ3) is 2.82. The Morgan fingerprint density at radius 2 is 0.767 bits per heavy atom. The summed E-state index contributed by atoms with van der Waals surface area (Å²) in [6.45, 7) is 0. The summed E-state index contributed by atoms with van der Waals surface area (Å²) in [5.74, 6) is 0. The highest BCUT2D eigenvalue weighted by Gasteiger charge is 2.14. The van der Waals surface area contributed by atoms with Gasteiger partial charge in [0.1, 0.15) is 0 Å². The molecule has 0 radical (unpaired) electrons. The maximum Gasteiger partial charge on any atom is 0.0973 e. The molecule has 2 heteroatoms. The van der Waals surface area contributed by atoms with E-state index in [9.17, 15) is 0 Å². The minimum absolute atomic E-state index is 0.908. The molecule has 6 rings (SSSR count). The predicted octanol–water partition coefficient (Wildman–Crippen LogP) is 7.27. The van der Waals surface area contributed by atoms with E-state index in [1.54, 1.807) is 0 Å². The first kappa shape index (κ1) is 16.9. The van der Waals surface area contributed by atoms with Crippen LogP contribution in [-0.4, -0.2) is 9.97 Å². The van der Waals surface area contributed by atoms with Crippen LogP contribution in [0.2, 0.25) is 0 Å². The minimum Gasteiger partial charge on any atom is -0.244 e. The van der Waals surface area contributed by atoms with Gasteiger partial charge in [-0.2, -0.15) is 0 Å². The molecule has 0 atom stereocenters. The summed E-state index contributed by atoms with van der Waals surface area (Å²) in [5.41, 5.74) is 5.80. The molecular weight excluding hydrogens is 364 g/mol. The Balaban J connectivity index is 1.64. The van der Waals surface area contributed by atoms with Gasteiger partial charge in [0.2, 0.25) is 0 Å². The Bertz CT molecular complexity index is 1430. The van der Waals surface area contributed by atoms with Crippen LogP contribution in [-0.2, 0) is 0 Å². The SMILES string of the molecule is c1ccc2cc(-c3nc4ccccc4nc3-c3ccc4ccccc4c3)ccc2c1. The number of para-hydroxylation sites is 2. The van der Waals surface area contributed by atoms with Crippen LogP contribution in [0.4, 0.5) is 0 Å². The van der Waals surface area contributed by atoms with Crippen LogP contribution in [0, 0.1) is 0 Å². The van der Waals surface area contributed by atoms with Gasteiger partial charge in [0, 0.05) is 11.1 Å². The van der Waals surface area contributed by atoms with Crippen LogP contribution >= 0.6 is 0 Å². The van der Waals surface area contributed by atoms with E-state index in [1.165, 1.54) is 21.5 Å². The van der Waals surface area contributed by atoms with Crippen molar-refractivity contribution >= 4 is 32.6 Å². The van der Waals surface area contributed by atoms with Crippen molar-refractivity contribution < 1.29 is 0 Å². The molecule has 0 unspecified atom stereocenters. The maximum absolute atomic E-state index is 5.05. The monoisotopic (exact) mass is 382 g/mol. The number of benzene rings is 5. The molecule has 0 amide bonds. The zero-order valence-corrected chi connectivity index (χ0v) is 16.3. The predicted molar refractivity (Wildman–Crippen MR) is 125 cm³/mol. The van der Waals surface area contributed by atoms with Crippen molar-refractivity contribution in [1.82, 2.24) is 9.97 Å². The van der Waals surface area contributed by atoms with E-state index >= 15 is 0 Å². The topological polar surface area (TPSA) is 25.8 Å². The van der Waals surface area contributed by atoms with Crippen molar-refractivity contribution in [3.8, 4) is 22.5 Å². The van der Waals surface area contributed by atoms with Gasteiger partial charge < -0.3 is 0 Å². The minimum atomic E-state index is 0.908. The van der Waals surface area contributed by atoms with Crippen LogP contribution < -0.4 is 0 Å². The van der Waals surface area contributed by atoms with Gasteiger partial charge in [-0.3, -0.25) is 0 Å². The van der Waals surface area contributed by atoms with Gasteiger partial charge in [-0.15, -0.1) is 0 Å². The Labute approximate surface area is 174 Å². The van der Waals surface area contributed by atoms with Gasteiger partial charge >= 0.3 is 0 Å². The summed E-state index contributed by atoms with van der Waals surface area (Å²) >= 11 is 0. The summed E-state index contributed by atoms with van der Waals surface area (Å²) < 4.78 is 0. The molecule has 1 heterocycles. The highest BCUT2D eigenvalue weighted by atomic mass is 14.8. The van der Waals surface area contributed by atoms with E-state index in [0.29, 0.717) is 0 Å². The maximum atomic E-state index is 5.05. The molecule has 1 aromatic heterocycles. The van der Waals surface area contributed by atoms with Crippen molar-refractivity contribution in [2.45, 2.75) is 0 Å². The van der Waals surface area contributed by atoms with Crippen molar-refractivity contribution in [1.29, 1.82) is 0 Å². The van der Waals surface area contributed by atoms with Crippen molar-refractivity contribution in [2.75, 3.05) is 0 Å². The fourth-order valence-electron chi connectivity index (χ4n) is 4.08. The van der Waals surface area contributed by atoms with Gasteiger partial charge in [0.15, 0.2) is 0 Å². The molecule has 0 fully saturated rings. The zero-order chi connectivity index (χ0) is 19.9. The lowest BCUT2D eigenvalue weighted by molar-refractivity contribution is 1.30. The van der Waals surface area contributed by atoms with Crippen molar-refractivity contribution in [3.63, 3.8) is 0 Å². The summed E-state index contributed by atoms with van der Waals surface area (Å²) in [6.07, 6.45) is 0. The summed E-state index contributed by atoms with van der Waals surface area (Å²) in [6, 6.07) is 37.9. The molecule has 5 aromatic carbocycles. The summed E-state index contributed by atoms with van der Waals surface area (Å²) in [7, 11) is 0. The average molecular weight is 382 g/mol. The molecule has 0 bridgehead atoms. The molecular formula is C28H18N2. The van der Waals surface area contributed by atoms with Crippen LogP contribution in [0.5, 0.6) is 0 Å². The summed E-state index contributed by atoms with van der Waals surface area (Å²) in [4.78, 5) is 10.1. The van der Waals surface area contributed by atoms with Crippen molar-refractivity contribution in [3.05, 3.63) is 109 Å². The number of fused-ring (bicyclic) bond motifs is 3. The highest BCUT2D eigenvalue weighted by Crippen LogP contribution is 2.34. The Kier molecular flexibility index (Phi) is 3.82. The van der Waals surface area contributed by atoms with Gasteiger partial charge in [-0.05, 0) is 45.8 Å². The highest BCUT2D eigenvalue weighted by molar-refractivity contribution is 5.94. The number of hydrogen-bond donors (Lipinski definition) is 0. The van der Waals surface area contributed by atoms with E-state index in [1.807, 2.05) is 24.3 Å². The van der Waals surface area contributed by atoms with Crippen LogP contribution in [0.3, 0.4) is 0 Å². The number of hydrogen-bond acceptors (Lipinski definition) is 2. The second kappa shape index (κ2) is 6.78. The molecule has 0 spiro atoms. The zero-order valence-electron chi connectivity index (χ0n) is 16.3.